The Balaban J connectivity index is 1.73. The SMILES string of the molecule is CN1CCN(c2nnc(C(N)c3ccccc3)o2)CC1. The first-order valence-corrected chi connectivity index (χ1v) is 6.81. The second-order valence-corrected chi connectivity index (χ2v) is 5.10. The van der Waals surface area contributed by atoms with E-state index in [1.807, 2.05) is 30.3 Å². The quantitative estimate of drug-likeness (QED) is 0.894. The normalized spacial score (nSPS) is 18.2. The molecule has 2 heterocycles. The molecule has 1 aromatic heterocycles. The molecule has 0 spiro atoms. The Morgan fingerprint density at radius 3 is 2.50 bits per heavy atom. The van der Waals surface area contributed by atoms with Crippen molar-refractivity contribution in [3.8, 4) is 0 Å². The molecule has 106 valence electrons. The van der Waals surface area contributed by atoms with Crippen LogP contribution in [0.2, 0.25) is 0 Å². The predicted molar refractivity (Wildman–Crippen MR) is 76.5 cm³/mol. The fraction of sp³-hybridized carbons (Fsp3) is 0.429. The van der Waals surface area contributed by atoms with Crippen molar-refractivity contribution in [3.05, 3.63) is 41.8 Å². The zero-order chi connectivity index (χ0) is 13.9. The van der Waals surface area contributed by atoms with Crippen LogP contribution in [0.4, 0.5) is 6.01 Å². The van der Waals surface area contributed by atoms with Crippen molar-refractivity contribution in [2.75, 3.05) is 38.1 Å². The summed E-state index contributed by atoms with van der Waals surface area (Å²) in [4.78, 5) is 4.39. The molecule has 2 aromatic rings. The van der Waals surface area contributed by atoms with Crippen molar-refractivity contribution >= 4 is 6.01 Å². The van der Waals surface area contributed by atoms with Crippen LogP contribution in [-0.2, 0) is 0 Å². The number of aromatic nitrogens is 2. The first-order chi connectivity index (χ1) is 9.74. The van der Waals surface area contributed by atoms with Gasteiger partial charge in [0, 0.05) is 26.2 Å². The first kappa shape index (κ1) is 13.1. The van der Waals surface area contributed by atoms with Crippen LogP contribution in [0.3, 0.4) is 0 Å². The molecular weight excluding hydrogens is 254 g/mol. The lowest BCUT2D eigenvalue weighted by Crippen LogP contribution is -2.44. The van der Waals surface area contributed by atoms with Crippen molar-refractivity contribution in [1.82, 2.24) is 15.1 Å². The highest BCUT2D eigenvalue weighted by Gasteiger charge is 2.22. The lowest BCUT2D eigenvalue weighted by atomic mass is 10.1. The molecule has 1 unspecified atom stereocenters. The van der Waals surface area contributed by atoms with E-state index in [-0.39, 0.29) is 6.04 Å². The fourth-order valence-electron chi connectivity index (χ4n) is 2.28. The van der Waals surface area contributed by atoms with Gasteiger partial charge in [-0.25, -0.2) is 0 Å². The Morgan fingerprint density at radius 1 is 1.10 bits per heavy atom. The van der Waals surface area contributed by atoms with Gasteiger partial charge >= 0.3 is 6.01 Å². The van der Waals surface area contributed by atoms with Crippen molar-refractivity contribution in [2.24, 2.45) is 5.73 Å². The minimum absolute atomic E-state index is 0.370. The monoisotopic (exact) mass is 273 g/mol. The van der Waals surface area contributed by atoms with Gasteiger partial charge in [0.05, 0.1) is 0 Å². The molecule has 1 atom stereocenters. The molecule has 0 bridgehead atoms. The molecule has 0 saturated carbocycles. The molecule has 3 rings (SSSR count). The van der Waals surface area contributed by atoms with Crippen molar-refractivity contribution in [1.29, 1.82) is 0 Å². The summed E-state index contributed by atoms with van der Waals surface area (Å²) in [6.45, 7) is 3.81. The summed E-state index contributed by atoms with van der Waals surface area (Å²) in [5.74, 6) is 0.463. The van der Waals surface area contributed by atoms with Gasteiger partial charge in [-0.1, -0.05) is 35.4 Å². The van der Waals surface area contributed by atoms with Crippen LogP contribution < -0.4 is 10.6 Å². The second-order valence-electron chi connectivity index (χ2n) is 5.10. The number of rotatable bonds is 3. The lowest BCUT2D eigenvalue weighted by molar-refractivity contribution is 0.303. The van der Waals surface area contributed by atoms with E-state index in [4.69, 9.17) is 10.2 Å². The van der Waals surface area contributed by atoms with Gasteiger partial charge in [0.1, 0.15) is 6.04 Å². The Bertz CT molecular complexity index is 548. The van der Waals surface area contributed by atoms with Crippen molar-refractivity contribution in [2.45, 2.75) is 6.04 Å². The molecule has 1 fully saturated rings. The molecule has 6 nitrogen and oxygen atoms in total. The summed E-state index contributed by atoms with van der Waals surface area (Å²) in [6, 6.07) is 9.98. The smallest absolute Gasteiger partial charge is 0.318 e. The third kappa shape index (κ3) is 2.66. The summed E-state index contributed by atoms with van der Waals surface area (Å²) in [5, 5.41) is 8.21. The van der Waals surface area contributed by atoms with Crippen LogP contribution in [-0.4, -0.2) is 48.3 Å². The van der Waals surface area contributed by atoms with Gasteiger partial charge in [0.25, 0.3) is 0 Å². The number of nitrogens with zero attached hydrogens (tertiary/aromatic N) is 4. The number of nitrogens with two attached hydrogens (primary N) is 1. The van der Waals surface area contributed by atoms with E-state index >= 15 is 0 Å². The van der Waals surface area contributed by atoms with Crippen LogP contribution in [0, 0.1) is 0 Å². The summed E-state index contributed by atoms with van der Waals surface area (Å²) < 4.78 is 5.73. The number of hydrogen-bond acceptors (Lipinski definition) is 6. The van der Waals surface area contributed by atoms with Gasteiger partial charge in [-0.15, -0.1) is 5.10 Å². The summed E-state index contributed by atoms with van der Waals surface area (Å²) in [5.41, 5.74) is 7.13. The molecule has 1 aromatic carbocycles. The summed E-state index contributed by atoms with van der Waals surface area (Å²) >= 11 is 0. The van der Waals surface area contributed by atoms with Gasteiger partial charge < -0.3 is 20.0 Å². The maximum atomic E-state index is 6.16. The lowest BCUT2D eigenvalue weighted by Gasteiger charge is -2.30. The summed E-state index contributed by atoms with van der Waals surface area (Å²) in [6.07, 6.45) is 0. The van der Waals surface area contributed by atoms with Gasteiger partial charge in [-0.3, -0.25) is 0 Å². The Kier molecular flexibility index (Phi) is 3.66. The van der Waals surface area contributed by atoms with Gasteiger partial charge in [-0.05, 0) is 12.6 Å². The Labute approximate surface area is 118 Å². The minimum Gasteiger partial charge on any atom is -0.406 e. The predicted octanol–water partition coefficient (Wildman–Crippen LogP) is 0.869. The molecule has 1 aliphatic heterocycles. The third-order valence-electron chi connectivity index (χ3n) is 3.63. The average Bonchev–Trinajstić information content (AvgIpc) is 2.98. The molecule has 1 aliphatic rings. The third-order valence-corrected chi connectivity index (χ3v) is 3.63. The number of likely N-dealkylation sites (N-methyl/N-ethyl adjacent to an activating group) is 1. The first-order valence-electron chi connectivity index (χ1n) is 6.81. The van der Waals surface area contributed by atoms with E-state index in [0.29, 0.717) is 11.9 Å². The molecule has 2 N–H and O–H groups in total. The van der Waals surface area contributed by atoms with Gasteiger partial charge in [0.2, 0.25) is 5.89 Å². The van der Waals surface area contributed by atoms with Gasteiger partial charge in [-0.2, -0.15) is 0 Å². The molecule has 0 radical (unpaired) electrons. The largest absolute Gasteiger partial charge is 0.406 e. The molecular formula is C14H19N5O. The van der Waals surface area contributed by atoms with Crippen LogP contribution in [0.1, 0.15) is 17.5 Å². The highest BCUT2D eigenvalue weighted by molar-refractivity contribution is 5.28. The molecule has 0 amide bonds. The maximum absolute atomic E-state index is 6.16. The van der Waals surface area contributed by atoms with Crippen LogP contribution >= 0.6 is 0 Å². The number of hydrogen-bond donors (Lipinski definition) is 1. The van der Waals surface area contributed by atoms with E-state index in [2.05, 4.69) is 27.0 Å². The zero-order valence-corrected chi connectivity index (χ0v) is 11.6. The molecule has 20 heavy (non-hydrogen) atoms. The van der Waals surface area contributed by atoms with E-state index in [9.17, 15) is 0 Å². The highest BCUT2D eigenvalue weighted by atomic mass is 16.4. The molecule has 6 heteroatoms. The van der Waals surface area contributed by atoms with Gasteiger partial charge in [0.15, 0.2) is 0 Å². The fourth-order valence-corrected chi connectivity index (χ4v) is 2.28. The molecule has 0 aliphatic carbocycles. The molecule has 1 saturated heterocycles. The Morgan fingerprint density at radius 2 is 1.80 bits per heavy atom. The van der Waals surface area contributed by atoms with E-state index < -0.39 is 0 Å². The average molecular weight is 273 g/mol. The standard InChI is InChI=1S/C14H19N5O/c1-18-7-9-19(10-8-18)14-17-16-13(20-14)12(15)11-5-3-2-4-6-11/h2-6,12H,7-10,15H2,1H3. The van der Waals surface area contributed by atoms with E-state index in [0.717, 1.165) is 31.7 Å². The second kappa shape index (κ2) is 5.60. The summed E-state index contributed by atoms with van der Waals surface area (Å²) in [7, 11) is 2.11. The number of anilines is 1. The van der Waals surface area contributed by atoms with Crippen LogP contribution in [0.15, 0.2) is 34.7 Å². The minimum atomic E-state index is -0.370. The number of piperazine rings is 1. The van der Waals surface area contributed by atoms with Crippen LogP contribution in [0.25, 0.3) is 0 Å². The van der Waals surface area contributed by atoms with Crippen molar-refractivity contribution in [3.63, 3.8) is 0 Å². The van der Waals surface area contributed by atoms with E-state index in [1.165, 1.54) is 0 Å². The number of benzene rings is 1. The van der Waals surface area contributed by atoms with E-state index in [1.54, 1.807) is 0 Å². The maximum Gasteiger partial charge on any atom is 0.318 e. The zero-order valence-electron chi connectivity index (χ0n) is 11.6. The highest BCUT2D eigenvalue weighted by Crippen LogP contribution is 2.21. The Hall–Kier alpha value is -1.92. The van der Waals surface area contributed by atoms with Crippen LogP contribution in [0.5, 0.6) is 0 Å². The van der Waals surface area contributed by atoms with Crippen molar-refractivity contribution < 1.29 is 4.42 Å². The topological polar surface area (TPSA) is 71.4 Å².